The normalized spacial score (nSPS) is 13.8. The molecule has 1 rings (SSSR count). The average Bonchev–Trinajstić information content (AvgIpc) is 2.39. The summed E-state index contributed by atoms with van der Waals surface area (Å²) in [5.41, 5.74) is 5.29. The summed E-state index contributed by atoms with van der Waals surface area (Å²) in [6.07, 6.45) is -0.379. The van der Waals surface area contributed by atoms with Crippen molar-refractivity contribution >= 4 is 0 Å². The van der Waals surface area contributed by atoms with Gasteiger partial charge < -0.3 is 9.47 Å². The van der Waals surface area contributed by atoms with Gasteiger partial charge in [-0.1, -0.05) is 45.0 Å². The Morgan fingerprint density at radius 2 is 1.55 bits per heavy atom. The minimum atomic E-state index is -0.379. The fraction of sp³-hybridized carbons (Fsp3) is 0.625. The second-order valence-electron chi connectivity index (χ2n) is 5.80. The molecule has 4 heteroatoms. The maximum absolute atomic E-state index is 5.68. The third kappa shape index (κ3) is 4.56. The molecule has 114 valence electrons. The van der Waals surface area contributed by atoms with Crippen LogP contribution >= 0.6 is 0 Å². The first-order valence-electron chi connectivity index (χ1n) is 7.23. The summed E-state index contributed by atoms with van der Waals surface area (Å²) in [7, 11) is 0. The van der Waals surface area contributed by atoms with Crippen molar-refractivity contribution in [2.24, 2.45) is 5.84 Å². The molecule has 0 aliphatic carbocycles. The van der Waals surface area contributed by atoms with E-state index in [0.29, 0.717) is 13.2 Å². The van der Waals surface area contributed by atoms with Crippen molar-refractivity contribution in [3.63, 3.8) is 0 Å². The fourth-order valence-electron chi connectivity index (χ4n) is 2.09. The number of hydrogen-bond acceptors (Lipinski definition) is 4. The van der Waals surface area contributed by atoms with Crippen LogP contribution in [0.4, 0.5) is 0 Å². The first kappa shape index (κ1) is 17.1. The van der Waals surface area contributed by atoms with Crippen LogP contribution in [0, 0.1) is 0 Å². The quantitative estimate of drug-likeness (QED) is 0.458. The van der Waals surface area contributed by atoms with Gasteiger partial charge in [0, 0.05) is 13.2 Å². The smallest absolute Gasteiger partial charge is 0.178 e. The molecule has 0 amide bonds. The molecular formula is C16H28N2O2. The monoisotopic (exact) mass is 280 g/mol. The summed E-state index contributed by atoms with van der Waals surface area (Å²) in [6.45, 7) is 11.7. The molecule has 0 heterocycles. The van der Waals surface area contributed by atoms with Gasteiger partial charge in [-0.15, -0.1) is 0 Å². The van der Waals surface area contributed by atoms with E-state index in [2.05, 4.69) is 50.5 Å². The van der Waals surface area contributed by atoms with Gasteiger partial charge in [0.15, 0.2) is 6.29 Å². The molecule has 1 atom stereocenters. The molecule has 1 aromatic rings. The highest BCUT2D eigenvalue weighted by atomic mass is 16.7. The lowest BCUT2D eigenvalue weighted by molar-refractivity contribution is -0.155. The van der Waals surface area contributed by atoms with Crippen LogP contribution in [0.3, 0.4) is 0 Å². The predicted molar refractivity (Wildman–Crippen MR) is 82.2 cm³/mol. The van der Waals surface area contributed by atoms with Gasteiger partial charge >= 0.3 is 0 Å². The van der Waals surface area contributed by atoms with Gasteiger partial charge in [0.25, 0.3) is 0 Å². The lowest BCUT2D eigenvalue weighted by Gasteiger charge is -2.27. The van der Waals surface area contributed by atoms with Crippen LogP contribution in [0.15, 0.2) is 24.3 Å². The van der Waals surface area contributed by atoms with E-state index in [4.69, 9.17) is 15.3 Å². The molecule has 0 spiro atoms. The number of ether oxygens (including phenoxy) is 2. The molecule has 1 aromatic carbocycles. The van der Waals surface area contributed by atoms with Crippen LogP contribution in [-0.2, 0) is 14.9 Å². The molecule has 1 unspecified atom stereocenters. The van der Waals surface area contributed by atoms with Crippen LogP contribution in [0.1, 0.15) is 51.8 Å². The Labute approximate surface area is 122 Å². The molecule has 0 fully saturated rings. The minimum Gasteiger partial charge on any atom is -0.351 e. The highest BCUT2D eigenvalue weighted by Crippen LogP contribution is 2.25. The Morgan fingerprint density at radius 1 is 1.05 bits per heavy atom. The van der Waals surface area contributed by atoms with Crippen molar-refractivity contribution in [1.82, 2.24) is 5.43 Å². The summed E-state index contributed by atoms with van der Waals surface area (Å²) in [5.74, 6) is 5.68. The standard InChI is InChI=1S/C16H28N2O2/c1-6-19-15(20-7-2)14(18-17)12-8-10-13(11-9-12)16(3,4)5/h8-11,14-15,18H,6-7,17H2,1-5H3. The zero-order chi connectivity index (χ0) is 15.2. The number of benzene rings is 1. The Balaban J connectivity index is 2.93. The van der Waals surface area contributed by atoms with Gasteiger partial charge in [-0.2, -0.15) is 0 Å². The molecule has 3 N–H and O–H groups in total. The second-order valence-corrected chi connectivity index (χ2v) is 5.80. The molecule has 0 aliphatic heterocycles. The van der Waals surface area contributed by atoms with Crippen LogP contribution in [0.5, 0.6) is 0 Å². The fourth-order valence-corrected chi connectivity index (χ4v) is 2.09. The van der Waals surface area contributed by atoms with Crippen molar-refractivity contribution in [2.45, 2.75) is 52.4 Å². The third-order valence-corrected chi connectivity index (χ3v) is 3.25. The molecule has 0 aliphatic rings. The van der Waals surface area contributed by atoms with Crippen molar-refractivity contribution in [3.8, 4) is 0 Å². The van der Waals surface area contributed by atoms with Crippen molar-refractivity contribution in [1.29, 1.82) is 0 Å². The summed E-state index contributed by atoms with van der Waals surface area (Å²) in [5, 5.41) is 0. The molecule has 20 heavy (non-hydrogen) atoms. The average molecular weight is 280 g/mol. The first-order chi connectivity index (χ1) is 9.43. The zero-order valence-corrected chi connectivity index (χ0v) is 13.3. The highest BCUT2D eigenvalue weighted by Gasteiger charge is 2.23. The van der Waals surface area contributed by atoms with Crippen LogP contribution < -0.4 is 11.3 Å². The molecular weight excluding hydrogens is 252 g/mol. The molecule has 0 radical (unpaired) electrons. The van der Waals surface area contributed by atoms with Gasteiger partial charge in [0.05, 0.1) is 6.04 Å². The first-order valence-corrected chi connectivity index (χ1v) is 7.23. The van der Waals surface area contributed by atoms with Gasteiger partial charge in [-0.3, -0.25) is 5.84 Å². The molecule has 0 saturated carbocycles. The maximum Gasteiger partial charge on any atom is 0.178 e. The predicted octanol–water partition coefficient (Wildman–Crippen LogP) is 2.89. The third-order valence-electron chi connectivity index (χ3n) is 3.25. The van der Waals surface area contributed by atoms with E-state index >= 15 is 0 Å². The summed E-state index contributed by atoms with van der Waals surface area (Å²) < 4.78 is 11.2. The van der Waals surface area contributed by atoms with Gasteiger partial charge in [-0.25, -0.2) is 5.43 Å². The van der Waals surface area contributed by atoms with E-state index in [1.54, 1.807) is 0 Å². The number of hydrogen-bond donors (Lipinski definition) is 2. The Hall–Kier alpha value is -0.940. The van der Waals surface area contributed by atoms with Crippen LogP contribution in [0.25, 0.3) is 0 Å². The topological polar surface area (TPSA) is 56.5 Å². The summed E-state index contributed by atoms with van der Waals surface area (Å²) >= 11 is 0. The van der Waals surface area contributed by atoms with Crippen molar-refractivity contribution in [2.75, 3.05) is 13.2 Å². The number of hydrazine groups is 1. The molecule has 4 nitrogen and oxygen atoms in total. The number of nitrogens with one attached hydrogen (secondary N) is 1. The zero-order valence-electron chi connectivity index (χ0n) is 13.3. The largest absolute Gasteiger partial charge is 0.351 e. The summed E-state index contributed by atoms with van der Waals surface area (Å²) in [4.78, 5) is 0. The van der Waals surface area contributed by atoms with E-state index in [1.807, 2.05) is 13.8 Å². The van der Waals surface area contributed by atoms with E-state index < -0.39 is 0 Å². The van der Waals surface area contributed by atoms with E-state index in [-0.39, 0.29) is 17.7 Å². The lowest BCUT2D eigenvalue weighted by Crippen LogP contribution is -2.39. The lowest BCUT2D eigenvalue weighted by atomic mass is 9.86. The Kier molecular flexibility index (Phi) is 6.62. The summed E-state index contributed by atoms with van der Waals surface area (Å²) in [6, 6.07) is 8.25. The van der Waals surface area contributed by atoms with Gasteiger partial charge in [0.2, 0.25) is 0 Å². The minimum absolute atomic E-state index is 0.142. The molecule has 0 bridgehead atoms. The number of nitrogens with two attached hydrogens (primary N) is 1. The van der Waals surface area contributed by atoms with E-state index in [1.165, 1.54) is 5.56 Å². The molecule has 0 saturated heterocycles. The highest BCUT2D eigenvalue weighted by molar-refractivity contribution is 5.29. The van der Waals surface area contributed by atoms with E-state index in [0.717, 1.165) is 5.56 Å². The maximum atomic E-state index is 5.68. The Morgan fingerprint density at radius 3 is 1.90 bits per heavy atom. The molecule has 0 aromatic heterocycles. The van der Waals surface area contributed by atoms with Crippen molar-refractivity contribution in [3.05, 3.63) is 35.4 Å². The van der Waals surface area contributed by atoms with Crippen LogP contribution in [-0.4, -0.2) is 19.5 Å². The van der Waals surface area contributed by atoms with Crippen molar-refractivity contribution < 1.29 is 9.47 Å². The second kappa shape index (κ2) is 7.74. The van der Waals surface area contributed by atoms with Gasteiger partial charge in [0.1, 0.15) is 0 Å². The Bertz CT molecular complexity index is 378. The van der Waals surface area contributed by atoms with Gasteiger partial charge in [-0.05, 0) is 30.4 Å². The van der Waals surface area contributed by atoms with E-state index in [9.17, 15) is 0 Å². The SMILES string of the molecule is CCOC(OCC)C(NN)c1ccc(C(C)(C)C)cc1. The van der Waals surface area contributed by atoms with Crippen LogP contribution in [0.2, 0.25) is 0 Å². The number of rotatable bonds is 7.